The van der Waals surface area contributed by atoms with Crippen LogP contribution in [0.1, 0.15) is 48.8 Å². The van der Waals surface area contributed by atoms with Gasteiger partial charge in [-0.05, 0) is 55.0 Å². The van der Waals surface area contributed by atoms with Gasteiger partial charge in [0.1, 0.15) is 5.75 Å². The molecule has 9 heteroatoms. The Morgan fingerprint density at radius 3 is 2.30 bits per heavy atom. The molecule has 9 nitrogen and oxygen atoms in total. The van der Waals surface area contributed by atoms with Gasteiger partial charge in [-0.25, -0.2) is 0 Å². The zero-order chi connectivity index (χ0) is 28.6. The van der Waals surface area contributed by atoms with Crippen molar-refractivity contribution in [2.24, 2.45) is 0 Å². The molecule has 0 radical (unpaired) electrons. The zero-order valence-electron chi connectivity index (χ0n) is 24.3. The summed E-state index contributed by atoms with van der Waals surface area (Å²) in [6.07, 6.45) is 1.70. The first-order valence-corrected chi connectivity index (χ1v) is 14.3. The number of aliphatic hydroxyl groups excluding tert-OH is 1. The van der Waals surface area contributed by atoms with Crippen molar-refractivity contribution in [1.29, 1.82) is 0 Å². The third-order valence-electron chi connectivity index (χ3n) is 7.00. The molecule has 4 N–H and O–H groups in total. The largest absolute Gasteiger partial charge is 0.506 e. The van der Waals surface area contributed by atoms with Crippen LogP contribution < -0.4 is 10.6 Å². The first kappa shape index (κ1) is 32.3. The molecule has 1 fully saturated rings. The maximum atomic E-state index is 10.3. The summed E-state index contributed by atoms with van der Waals surface area (Å²) in [6, 6.07) is 14.0. The van der Waals surface area contributed by atoms with Gasteiger partial charge in [0.2, 0.25) is 0 Å². The van der Waals surface area contributed by atoms with Crippen molar-refractivity contribution in [2.75, 3.05) is 65.6 Å². The molecule has 224 valence electrons. The van der Waals surface area contributed by atoms with Crippen molar-refractivity contribution in [3.8, 4) is 5.75 Å². The van der Waals surface area contributed by atoms with E-state index >= 15 is 0 Å². The molecule has 0 aliphatic carbocycles. The SMILES string of the molecule is COCCCNc1cc(CO[C@H]2CNC[C@@H](OCC[C@H](C)O)C2c2ccc(COCCCOC)cc2)ccc1O. The van der Waals surface area contributed by atoms with E-state index in [4.69, 9.17) is 23.7 Å². The predicted molar refractivity (Wildman–Crippen MR) is 156 cm³/mol. The van der Waals surface area contributed by atoms with E-state index < -0.39 is 6.10 Å². The van der Waals surface area contributed by atoms with Gasteiger partial charge in [-0.2, -0.15) is 0 Å². The average molecular weight is 561 g/mol. The number of benzene rings is 2. The van der Waals surface area contributed by atoms with Gasteiger partial charge in [0.15, 0.2) is 0 Å². The lowest BCUT2D eigenvalue weighted by molar-refractivity contribution is -0.0639. The Morgan fingerprint density at radius 1 is 0.875 bits per heavy atom. The molecule has 1 heterocycles. The number of aromatic hydroxyl groups is 1. The third kappa shape index (κ3) is 11.0. The molecule has 1 unspecified atom stereocenters. The molecule has 0 aromatic heterocycles. The highest BCUT2D eigenvalue weighted by Gasteiger charge is 2.36. The quantitative estimate of drug-likeness (QED) is 0.151. The van der Waals surface area contributed by atoms with Gasteiger partial charge in [0.25, 0.3) is 0 Å². The number of hydrogen-bond acceptors (Lipinski definition) is 9. The van der Waals surface area contributed by atoms with Crippen LogP contribution in [0.3, 0.4) is 0 Å². The van der Waals surface area contributed by atoms with E-state index in [0.717, 1.165) is 29.5 Å². The highest BCUT2D eigenvalue weighted by atomic mass is 16.5. The molecular formula is C31H48N2O7. The van der Waals surface area contributed by atoms with Crippen molar-refractivity contribution < 1.29 is 33.9 Å². The summed E-state index contributed by atoms with van der Waals surface area (Å²) in [5.74, 6) is 0.239. The molecule has 1 saturated heterocycles. The van der Waals surface area contributed by atoms with Crippen molar-refractivity contribution in [3.05, 3.63) is 59.2 Å². The molecule has 0 amide bonds. The van der Waals surface area contributed by atoms with E-state index in [1.165, 1.54) is 0 Å². The van der Waals surface area contributed by atoms with E-state index in [9.17, 15) is 10.2 Å². The lowest BCUT2D eigenvalue weighted by atomic mass is 9.85. The van der Waals surface area contributed by atoms with Gasteiger partial charge in [0.05, 0.1) is 37.2 Å². The fourth-order valence-electron chi connectivity index (χ4n) is 4.79. The van der Waals surface area contributed by atoms with Crippen molar-refractivity contribution in [2.45, 2.75) is 63.6 Å². The van der Waals surface area contributed by atoms with Crippen LogP contribution >= 0.6 is 0 Å². The number of ether oxygens (including phenoxy) is 5. The highest BCUT2D eigenvalue weighted by molar-refractivity contribution is 5.57. The molecule has 2 aromatic rings. The van der Waals surface area contributed by atoms with E-state index in [1.807, 2.05) is 12.1 Å². The molecule has 0 bridgehead atoms. The number of aliphatic hydroxyl groups is 1. The van der Waals surface area contributed by atoms with Crippen LogP contribution in [-0.2, 0) is 36.9 Å². The van der Waals surface area contributed by atoms with Crippen LogP contribution in [-0.4, -0.2) is 88.8 Å². The molecule has 4 atom stereocenters. The van der Waals surface area contributed by atoms with Gasteiger partial charge in [-0.3, -0.25) is 0 Å². The fourth-order valence-corrected chi connectivity index (χ4v) is 4.79. The van der Waals surface area contributed by atoms with E-state index in [0.29, 0.717) is 71.4 Å². The molecule has 3 rings (SSSR count). The average Bonchev–Trinajstić information content (AvgIpc) is 2.95. The van der Waals surface area contributed by atoms with Gasteiger partial charge >= 0.3 is 0 Å². The van der Waals surface area contributed by atoms with Gasteiger partial charge in [0, 0.05) is 66.2 Å². The van der Waals surface area contributed by atoms with Crippen LogP contribution in [0, 0.1) is 0 Å². The summed E-state index contributed by atoms with van der Waals surface area (Å²) in [6.45, 7) is 7.38. The minimum absolute atomic E-state index is 0.0238. The standard InChI is InChI=1S/C31H48N2O7/c1-23(34)12-17-39-29-19-32-20-30(31(29)26-9-6-24(7-10-26)21-38-16-5-15-37-3)40-22-25-8-11-28(35)27(18-25)33-13-4-14-36-2/h6-11,18,23,29-35H,4-5,12-17,19-22H2,1-3H3/t23-,29+,30-,31?/m0/s1. The van der Waals surface area contributed by atoms with Crippen molar-refractivity contribution >= 4 is 5.69 Å². The Morgan fingerprint density at radius 2 is 1.57 bits per heavy atom. The first-order chi connectivity index (χ1) is 19.5. The molecule has 2 aromatic carbocycles. The number of piperidine rings is 1. The third-order valence-corrected chi connectivity index (χ3v) is 7.00. The van der Waals surface area contributed by atoms with E-state index in [-0.39, 0.29) is 23.9 Å². The summed E-state index contributed by atoms with van der Waals surface area (Å²) in [5.41, 5.74) is 3.94. The topological polar surface area (TPSA) is 111 Å². The van der Waals surface area contributed by atoms with E-state index in [2.05, 4.69) is 34.9 Å². The van der Waals surface area contributed by atoms with Crippen LogP contribution in [0.4, 0.5) is 5.69 Å². The molecule has 1 aliphatic rings. The second-order valence-electron chi connectivity index (χ2n) is 10.3. The van der Waals surface area contributed by atoms with E-state index in [1.54, 1.807) is 27.2 Å². The smallest absolute Gasteiger partial charge is 0.138 e. The van der Waals surface area contributed by atoms with Gasteiger partial charge in [-0.15, -0.1) is 0 Å². The van der Waals surface area contributed by atoms with Gasteiger partial charge < -0.3 is 44.5 Å². The number of phenolic OH excluding ortho intramolecular Hbond substituents is 1. The molecule has 1 aliphatic heterocycles. The zero-order valence-corrected chi connectivity index (χ0v) is 24.3. The number of anilines is 1. The minimum Gasteiger partial charge on any atom is -0.506 e. The van der Waals surface area contributed by atoms with Crippen molar-refractivity contribution in [1.82, 2.24) is 5.32 Å². The van der Waals surface area contributed by atoms with Crippen LogP contribution in [0.2, 0.25) is 0 Å². The number of hydrogen-bond donors (Lipinski definition) is 4. The van der Waals surface area contributed by atoms with Crippen molar-refractivity contribution in [3.63, 3.8) is 0 Å². The maximum absolute atomic E-state index is 10.3. The summed E-state index contributed by atoms with van der Waals surface area (Å²) in [5, 5.41) is 26.8. The Bertz CT molecular complexity index is 957. The van der Waals surface area contributed by atoms with Crippen LogP contribution in [0.5, 0.6) is 5.75 Å². The van der Waals surface area contributed by atoms with Crippen LogP contribution in [0.25, 0.3) is 0 Å². The normalized spacial score (nSPS) is 19.9. The lowest BCUT2D eigenvalue weighted by Gasteiger charge is -2.39. The second kappa shape index (κ2) is 18.2. The summed E-state index contributed by atoms with van der Waals surface area (Å²) in [7, 11) is 3.38. The highest BCUT2D eigenvalue weighted by Crippen LogP contribution is 2.32. The summed E-state index contributed by atoms with van der Waals surface area (Å²) in [4.78, 5) is 0. The Hall–Kier alpha value is -2.24. The number of nitrogens with one attached hydrogen (secondary N) is 2. The molecule has 0 spiro atoms. The number of phenols is 1. The Labute approximate surface area is 239 Å². The Balaban J connectivity index is 1.67. The first-order valence-electron chi connectivity index (χ1n) is 14.3. The Kier molecular flexibility index (Phi) is 14.7. The summed E-state index contributed by atoms with van der Waals surface area (Å²) >= 11 is 0. The molecule has 40 heavy (non-hydrogen) atoms. The number of methoxy groups -OCH3 is 2. The summed E-state index contributed by atoms with van der Waals surface area (Å²) < 4.78 is 28.7. The molecular weight excluding hydrogens is 512 g/mol. The molecule has 0 saturated carbocycles. The monoisotopic (exact) mass is 560 g/mol. The van der Waals surface area contributed by atoms with Gasteiger partial charge in [-0.1, -0.05) is 30.3 Å². The minimum atomic E-state index is -0.406. The second-order valence-corrected chi connectivity index (χ2v) is 10.3. The predicted octanol–water partition coefficient (Wildman–Crippen LogP) is 3.82. The van der Waals surface area contributed by atoms with Crippen LogP contribution in [0.15, 0.2) is 42.5 Å². The fraction of sp³-hybridized carbons (Fsp3) is 0.613. The lowest BCUT2D eigenvalue weighted by Crippen LogP contribution is -2.50. The maximum Gasteiger partial charge on any atom is 0.138 e. The number of rotatable bonds is 19.